The number of amides is 2. The Bertz CT molecular complexity index is 692. The highest BCUT2D eigenvalue weighted by Crippen LogP contribution is 2.35. The van der Waals surface area contributed by atoms with E-state index in [1.54, 1.807) is 17.0 Å². The van der Waals surface area contributed by atoms with Gasteiger partial charge in [-0.3, -0.25) is 9.59 Å². The Kier molecular flexibility index (Phi) is 5.43. The topological polar surface area (TPSA) is 49.9 Å². The van der Waals surface area contributed by atoms with E-state index in [4.69, 9.17) is 4.74 Å². The van der Waals surface area contributed by atoms with Crippen molar-refractivity contribution in [2.45, 2.75) is 50.6 Å². The molecule has 5 nitrogen and oxygen atoms in total. The summed E-state index contributed by atoms with van der Waals surface area (Å²) < 4.78 is 19.4. The Morgan fingerprint density at radius 1 is 0.963 bits per heavy atom. The number of carbonyl (C=O) groups excluding carboxylic acids is 2. The molecule has 2 heterocycles. The Morgan fingerprint density at radius 3 is 2.22 bits per heavy atom. The predicted molar refractivity (Wildman–Crippen MR) is 98.7 cm³/mol. The van der Waals surface area contributed by atoms with Crippen molar-refractivity contribution >= 4 is 11.8 Å². The molecule has 0 atom stereocenters. The number of halogens is 1. The first-order valence-corrected chi connectivity index (χ1v) is 10.1. The average Bonchev–Trinajstić information content (AvgIpc) is 3.55. The molecular weight excluding hydrogens is 347 g/mol. The molecule has 27 heavy (non-hydrogen) atoms. The van der Waals surface area contributed by atoms with Crippen LogP contribution in [0.15, 0.2) is 24.3 Å². The zero-order valence-corrected chi connectivity index (χ0v) is 15.6. The molecular formula is C21H27FN2O3. The van der Waals surface area contributed by atoms with Crippen LogP contribution >= 0.6 is 0 Å². The molecule has 2 amide bonds. The van der Waals surface area contributed by atoms with Gasteiger partial charge in [-0.25, -0.2) is 4.39 Å². The fourth-order valence-electron chi connectivity index (χ4n) is 4.31. The standard InChI is InChI=1S/C21H27FN2O3/c22-19-4-2-1-3-18(19)21(26)23-11-7-16(8-12-23)24(20(25)15-5-6-15)17-9-13-27-14-10-17/h1-4,15-17H,5-14H2. The summed E-state index contributed by atoms with van der Waals surface area (Å²) in [5.74, 6) is -0.234. The van der Waals surface area contributed by atoms with Crippen molar-refractivity contribution in [1.82, 2.24) is 9.80 Å². The van der Waals surface area contributed by atoms with Gasteiger partial charge in [0.15, 0.2) is 0 Å². The van der Waals surface area contributed by atoms with Crippen LogP contribution in [0.25, 0.3) is 0 Å². The highest BCUT2D eigenvalue weighted by Gasteiger charge is 2.41. The van der Waals surface area contributed by atoms with E-state index in [1.165, 1.54) is 12.1 Å². The summed E-state index contributed by atoms with van der Waals surface area (Å²) in [6, 6.07) is 6.56. The van der Waals surface area contributed by atoms with Crippen LogP contribution in [0.3, 0.4) is 0 Å². The number of piperidine rings is 1. The molecule has 1 aliphatic carbocycles. The van der Waals surface area contributed by atoms with E-state index in [0.717, 1.165) is 38.5 Å². The molecule has 3 fully saturated rings. The lowest BCUT2D eigenvalue weighted by Gasteiger charge is -2.44. The van der Waals surface area contributed by atoms with E-state index < -0.39 is 5.82 Å². The molecule has 4 rings (SSSR count). The van der Waals surface area contributed by atoms with Gasteiger partial charge in [-0.1, -0.05) is 12.1 Å². The number of nitrogens with zero attached hydrogens (tertiary/aromatic N) is 2. The number of benzene rings is 1. The van der Waals surface area contributed by atoms with Crippen LogP contribution in [0.2, 0.25) is 0 Å². The minimum Gasteiger partial charge on any atom is -0.381 e. The largest absolute Gasteiger partial charge is 0.381 e. The zero-order valence-electron chi connectivity index (χ0n) is 15.6. The quantitative estimate of drug-likeness (QED) is 0.814. The van der Waals surface area contributed by atoms with Gasteiger partial charge in [-0.2, -0.15) is 0 Å². The lowest BCUT2D eigenvalue weighted by Crippen LogP contribution is -2.54. The maximum absolute atomic E-state index is 13.9. The molecule has 0 radical (unpaired) electrons. The molecule has 0 unspecified atom stereocenters. The lowest BCUT2D eigenvalue weighted by molar-refractivity contribution is -0.141. The smallest absolute Gasteiger partial charge is 0.256 e. The van der Waals surface area contributed by atoms with E-state index in [0.29, 0.717) is 32.2 Å². The fourth-order valence-corrected chi connectivity index (χ4v) is 4.31. The minimum absolute atomic E-state index is 0.131. The van der Waals surface area contributed by atoms with Gasteiger partial charge < -0.3 is 14.5 Å². The van der Waals surface area contributed by atoms with Gasteiger partial charge in [0.25, 0.3) is 5.91 Å². The van der Waals surface area contributed by atoms with Crippen LogP contribution in [0.1, 0.15) is 48.9 Å². The Morgan fingerprint density at radius 2 is 1.59 bits per heavy atom. The third-order valence-corrected chi connectivity index (χ3v) is 6.01. The Labute approximate surface area is 159 Å². The van der Waals surface area contributed by atoms with Crippen molar-refractivity contribution in [3.05, 3.63) is 35.6 Å². The summed E-state index contributed by atoms with van der Waals surface area (Å²) in [5.41, 5.74) is 0.131. The maximum atomic E-state index is 13.9. The highest BCUT2D eigenvalue weighted by atomic mass is 19.1. The van der Waals surface area contributed by atoms with Crippen molar-refractivity contribution in [3.8, 4) is 0 Å². The molecule has 1 aromatic rings. The van der Waals surface area contributed by atoms with E-state index >= 15 is 0 Å². The van der Waals surface area contributed by atoms with Crippen LogP contribution in [-0.2, 0) is 9.53 Å². The molecule has 2 saturated heterocycles. The van der Waals surface area contributed by atoms with Crippen molar-refractivity contribution in [2.75, 3.05) is 26.3 Å². The van der Waals surface area contributed by atoms with Gasteiger partial charge in [0.1, 0.15) is 5.82 Å². The first kappa shape index (κ1) is 18.4. The van der Waals surface area contributed by atoms with Crippen molar-refractivity contribution in [2.24, 2.45) is 5.92 Å². The second kappa shape index (κ2) is 7.97. The van der Waals surface area contributed by atoms with Crippen molar-refractivity contribution < 1.29 is 18.7 Å². The molecule has 0 aromatic heterocycles. The van der Waals surface area contributed by atoms with Gasteiger partial charge in [0.05, 0.1) is 5.56 Å². The SMILES string of the molecule is O=C(c1ccccc1F)N1CCC(N(C(=O)C2CC2)C2CCOCC2)CC1. The van der Waals surface area contributed by atoms with Gasteiger partial charge in [0, 0.05) is 44.3 Å². The second-order valence-electron chi connectivity index (χ2n) is 7.87. The summed E-state index contributed by atoms with van der Waals surface area (Å²) in [7, 11) is 0. The summed E-state index contributed by atoms with van der Waals surface area (Å²) in [4.78, 5) is 29.4. The molecule has 0 bridgehead atoms. The van der Waals surface area contributed by atoms with E-state index in [9.17, 15) is 14.0 Å². The summed E-state index contributed by atoms with van der Waals surface area (Å²) in [5, 5.41) is 0. The normalized spacial score (nSPS) is 21.9. The van der Waals surface area contributed by atoms with Crippen LogP contribution in [-0.4, -0.2) is 60.0 Å². The minimum atomic E-state index is -0.475. The third-order valence-electron chi connectivity index (χ3n) is 6.01. The van der Waals surface area contributed by atoms with Gasteiger partial charge in [-0.15, -0.1) is 0 Å². The van der Waals surface area contributed by atoms with Crippen LogP contribution < -0.4 is 0 Å². The predicted octanol–water partition coefficient (Wildman–Crippen LogP) is 2.85. The lowest BCUT2D eigenvalue weighted by atomic mass is 9.96. The molecule has 0 N–H and O–H groups in total. The van der Waals surface area contributed by atoms with Crippen LogP contribution in [0.4, 0.5) is 4.39 Å². The van der Waals surface area contributed by atoms with Gasteiger partial charge >= 0.3 is 0 Å². The first-order valence-electron chi connectivity index (χ1n) is 10.1. The fraction of sp³-hybridized carbons (Fsp3) is 0.619. The van der Waals surface area contributed by atoms with Crippen molar-refractivity contribution in [3.63, 3.8) is 0 Å². The highest BCUT2D eigenvalue weighted by molar-refractivity contribution is 5.94. The molecule has 0 spiro atoms. The number of likely N-dealkylation sites (tertiary alicyclic amines) is 1. The number of carbonyl (C=O) groups is 2. The van der Waals surface area contributed by atoms with E-state index in [-0.39, 0.29) is 29.5 Å². The number of hydrogen-bond donors (Lipinski definition) is 0. The van der Waals surface area contributed by atoms with E-state index in [2.05, 4.69) is 4.90 Å². The van der Waals surface area contributed by atoms with Crippen LogP contribution in [0.5, 0.6) is 0 Å². The Hall–Kier alpha value is -1.95. The molecule has 1 saturated carbocycles. The number of ether oxygens (including phenoxy) is 1. The molecule has 146 valence electrons. The van der Waals surface area contributed by atoms with Crippen LogP contribution in [0, 0.1) is 11.7 Å². The molecule has 3 aliphatic rings. The Balaban J connectivity index is 1.42. The number of hydrogen-bond acceptors (Lipinski definition) is 3. The first-order chi connectivity index (χ1) is 13.1. The second-order valence-corrected chi connectivity index (χ2v) is 7.87. The van der Waals surface area contributed by atoms with Crippen molar-refractivity contribution in [1.29, 1.82) is 0 Å². The van der Waals surface area contributed by atoms with Gasteiger partial charge in [0.2, 0.25) is 5.91 Å². The monoisotopic (exact) mass is 374 g/mol. The van der Waals surface area contributed by atoms with E-state index in [1.807, 2.05) is 0 Å². The average molecular weight is 374 g/mol. The summed E-state index contributed by atoms with van der Waals surface area (Å²) >= 11 is 0. The third kappa shape index (κ3) is 4.00. The van der Waals surface area contributed by atoms with Gasteiger partial charge in [-0.05, 0) is 50.7 Å². The molecule has 1 aromatic carbocycles. The molecule has 2 aliphatic heterocycles. The molecule has 6 heteroatoms. The zero-order chi connectivity index (χ0) is 18.8. The maximum Gasteiger partial charge on any atom is 0.256 e. The number of rotatable bonds is 4. The summed E-state index contributed by atoms with van der Waals surface area (Å²) in [6.45, 7) is 2.55. The summed E-state index contributed by atoms with van der Waals surface area (Å²) in [6.07, 6.45) is 5.32.